The fraction of sp³-hybridized carbons (Fsp3) is 0.520. The van der Waals surface area contributed by atoms with Gasteiger partial charge in [-0.15, -0.1) is 11.3 Å². The number of thiazole rings is 1. The molecule has 1 aliphatic heterocycles. The molecule has 1 unspecified atom stereocenters. The molecule has 3 amide bonds. The normalized spacial score (nSPS) is 23.8. The van der Waals surface area contributed by atoms with Crippen molar-refractivity contribution in [2.75, 3.05) is 26.7 Å². The number of carbonyl (C=O) groups excluding carboxylic acids is 3. The lowest BCUT2D eigenvalue weighted by Gasteiger charge is -2.36. The summed E-state index contributed by atoms with van der Waals surface area (Å²) in [7, 11) is 1.54. The molecule has 2 heterocycles. The molecule has 2 fully saturated rings. The van der Waals surface area contributed by atoms with Gasteiger partial charge in [0.2, 0.25) is 5.91 Å². The number of hydrogen-bond donors (Lipinski definition) is 4. The number of benzene rings is 1. The molecule has 1 aliphatic carbocycles. The van der Waals surface area contributed by atoms with Gasteiger partial charge in [-0.3, -0.25) is 14.4 Å². The molecule has 1 saturated carbocycles. The second-order valence-corrected chi connectivity index (χ2v) is 10.7. The van der Waals surface area contributed by atoms with Gasteiger partial charge in [0.1, 0.15) is 15.5 Å². The van der Waals surface area contributed by atoms with Crippen molar-refractivity contribution in [3.05, 3.63) is 51.5 Å². The topological polar surface area (TPSA) is 124 Å². The first-order valence-corrected chi connectivity index (χ1v) is 13.2. The van der Waals surface area contributed by atoms with E-state index >= 15 is 0 Å². The zero-order valence-electron chi connectivity index (χ0n) is 20.8. The van der Waals surface area contributed by atoms with Crippen LogP contribution in [-0.2, 0) is 16.6 Å². The Morgan fingerprint density at radius 1 is 1.16 bits per heavy atom. The van der Waals surface area contributed by atoms with Gasteiger partial charge >= 0.3 is 6.18 Å². The number of amides is 3. The van der Waals surface area contributed by atoms with E-state index in [0.717, 1.165) is 24.6 Å². The lowest BCUT2D eigenvalue weighted by molar-refractivity contribution is -0.137. The summed E-state index contributed by atoms with van der Waals surface area (Å²) in [5.41, 5.74) is -2.15. The van der Waals surface area contributed by atoms with Gasteiger partial charge < -0.3 is 26.0 Å². The van der Waals surface area contributed by atoms with Crippen molar-refractivity contribution in [3.8, 4) is 0 Å². The summed E-state index contributed by atoms with van der Waals surface area (Å²) >= 11 is 1.20. The third kappa shape index (κ3) is 6.51. The average Bonchev–Trinajstić information content (AvgIpc) is 3.58. The number of rotatable bonds is 7. The Morgan fingerprint density at radius 2 is 1.89 bits per heavy atom. The van der Waals surface area contributed by atoms with Gasteiger partial charge in [-0.05, 0) is 50.3 Å². The van der Waals surface area contributed by atoms with E-state index in [4.69, 9.17) is 0 Å². The maximum atomic E-state index is 12.9. The summed E-state index contributed by atoms with van der Waals surface area (Å²) in [4.78, 5) is 43.0. The first kappa shape index (κ1) is 28.0. The molecule has 2 aliphatic rings. The van der Waals surface area contributed by atoms with Crippen LogP contribution >= 0.6 is 11.3 Å². The van der Waals surface area contributed by atoms with Gasteiger partial charge in [0.05, 0.1) is 18.3 Å². The van der Waals surface area contributed by atoms with Crippen molar-refractivity contribution in [2.45, 2.75) is 56.0 Å². The first-order chi connectivity index (χ1) is 18.0. The highest BCUT2D eigenvalue weighted by Crippen LogP contribution is 2.39. The van der Waals surface area contributed by atoms with Gasteiger partial charge in [-0.2, -0.15) is 13.2 Å². The third-order valence-electron chi connectivity index (χ3n) is 7.03. The minimum absolute atomic E-state index is 0.0639. The van der Waals surface area contributed by atoms with Gasteiger partial charge in [-0.1, -0.05) is 6.07 Å². The van der Waals surface area contributed by atoms with E-state index in [1.807, 2.05) is 0 Å². The molecule has 1 saturated heterocycles. The zero-order valence-corrected chi connectivity index (χ0v) is 21.6. The number of aliphatic hydroxyl groups is 1. The quantitative estimate of drug-likeness (QED) is 0.417. The van der Waals surface area contributed by atoms with Crippen molar-refractivity contribution < 1.29 is 32.7 Å². The molecule has 38 heavy (non-hydrogen) atoms. The lowest BCUT2D eigenvalue weighted by atomic mass is 9.82. The Bertz CT molecular complexity index is 1180. The molecule has 0 spiro atoms. The molecule has 13 heteroatoms. The van der Waals surface area contributed by atoms with Gasteiger partial charge in [0.25, 0.3) is 11.8 Å². The average molecular weight is 554 g/mol. The molecule has 206 valence electrons. The molecular weight excluding hydrogens is 523 g/mol. The van der Waals surface area contributed by atoms with Crippen LogP contribution in [0.4, 0.5) is 13.2 Å². The second-order valence-electron chi connectivity index (χ2n) is 9.67. The maximum absolute atomic E-state index is 12.9. The van der Waals surface area contributed by atoms with E-state index in [1.54, 1.807) is 11.9 Å². The Morgan fingerprint density at radius 3 is 2.58 bits per heavy atom. The van der Waals surface area contributed by atoms with Gasteiger partial charge in [0.15, 0.2) is 0 Å². The first-order valence-electron chi connectivity index (χ1n) is 12.4. The number of likely N-dealkylation sites (tertiary alicyclic amines) is 1. The SMILES string of the molecule is CNC(=O)c1cnc(C2(O)CCC(NC3CCN(C(=O)CNC(=O)c4cccc(C(F)(F)F)c4)C3)CC2)s1. The Balaban J connectivity index is 1.21. The molecule has 4 N–H and O–H groups in total. The van der Waals surface area contributed by atoms with Crippen molar-refractivity contribution >= 4 is 29.1 Å². The molecular formula is C25H30F3N5O4S. The van der Waals surface area contributed by atoms with Crippen LogP contribution in [0.25, 0.3) is 0 Å². The summed E-state index contributed by atoms with van der Waals surface area (Å²) in [6.45, 7) is 0.666. The standard InChI is InChI=1S/C25H30F3N5O4S/c1-29-22(36)19-12-31-23(38-19)24(37)8-5-17(6-9-24)32-18-7-10-33(14-18)20(34)13-30-21(35)15-3-2-4-16(11-15)25(26,27)28/h2-4,11-12,17-18,32,37H,5-10,13-14H2,1H3,(H,29,36)(H,30,35). The minimum Gasteiger partial charge on any atom is -0.383 e. The highest BCUT2D eigenvalue weighted by atomic mass is 32.1. The van der Waals surface area contributed by atoms with Crippen molar-refractivity contribution in [1.82, 2.24) is 25.8 Å². The molecule has 2 aromatic rings. The Kier molecular flexibility index (Phi) is 8.38. The summed E-state index contributed by atoms with van der Waals surface area (Å²) in [5.74, 6) is -1.28. The summed E-state index contributed by atoms with van der Waals surface area (Å²) in [6.07, 6.45) is 0.0809. The third-order valence-corrected chi connectivity index (χ3v) is 8.22. The number of halogens is 3. The van der Waals surface area contributed by atoms with Crippen molar-refractivity contribution in [2.24, 2.45) is 0 Å². The zero-order chi connectivity index (χ0) is 27.5. The number of hydrogen-bond acceptors (Lipinski definition) is 7. The molecule has 1 aromatic heterocycles. The number of alkyl halides is 3. The summed E-state index contributed by atoms with van der Waals surface area (Å²) in [5, 5.41) is 20.1. The van der Waals surface area contributed by atoms with E-state index in [9.17, 15) is 32.7 Å². The largest absolute Gasteiger partial charge is 0.416 e. The molecule has 1 atom stereocenters. The highest BCUT2D eigenvalue weighted by Gasteiger charge is 2.39. The summed E-state index contributed by atoms with van der Waals surface area (Å²) in [6, 6.07) is 4.29. The predicted molar refractivity (Wildman–Crippen MR) is 134 cm³/mol. The molecule has 4 rings (SSSR count). The Labute approximate surface area is 221 Å². The molecule has 0 radical (unpaired) electrons. The molecule has 1 aromatic carbocycles. The Hall–Kier alpha value is -3.03. The van der Waals surface area contributed by atoms with E-state index in [-0.39, 0.29) is 36.0 Å². The van der Waals surface area contributed by atoms with Crippen molar-refractivity contribution in [3.63, 3.8) is 0 Å². The van der Waals surface area contributed by atoms with Crippen LogP contribution in [0.5, 0.6) is 0 Å². The van der Waals surface area contributed by atoms with Crippen LogP contribution in [0.2, 0.25) is 0 Å². The van der Waals surface area contributed by atoms with Crippen molar-refractivity contribution in [1.29, 1.82) is 0 Å². The fourth-order valence-electron chi connectivity index (χ4n) is 4.86. The number of nitrogens with zero attached hydrogens (tertiary/aromatic N) is 2. The fourth-order valence-corrected chi connectivity index (χ4v) is 5.86. The van der Waals surface area contributed by atoms with Gasteiger partial charge in [-0.25, -0.2) is 4.98 Å². The van der Waals surface area contributed by atoms with Crippen LogP contribution in [0.1, 0.15) is 62.7 Å². The molecule has 0 bridgehead atoms. The number of carbonyl (C=O) groups is 3. The minimum atomic E-state index is -4.56. The predicted octanol–water partition coefficient (Wildman–Crippen LogP) is 2.27. The van der Waals surface area contributed by atoms with Crippen LogP contribution in [0.3, 0.4) is 0 Å². The van der Waals surface area contributed by atoms with E-state index < -0.39 is 23.2 Å². The smallest absolute Gasteiger partial charge is 0.383 e. The van der Waals surface area contributed by atoms with Crippen LogP contribution in [-0.4, -0.2) is 71.5 Å². The van der Waals surface area contributed by atoms with Crippen LogP contribution in [0, 0.1) is 0 Å². The highest BCUT2D eigenvalue weighted by molar-refractivity contribution is 7.13. The van der Waals surface area contributed by atoms with Crippen LogP contribution in [0.15, 0.2) is 30.5 Å². The summed E-state index contributed by atoms with van der Waals surface area (Å²) < 4.78 is 38.7. The van der Waals surface area contributed by atoms with E-state index in [1.165, 1.54) is 23.6 Å². The van der Waals surface area contributed by atoms with Crippen LogP contribution < -0.4 is 16.0 Å². The van der Waals surface area contributed by atoms with Gasteiger partial charge in [0, 0.05) is 37.8 Å². The van der Waals surface area contributed by atoms with E-state index in [0.29, 0.717) is 48.7 Å². The monoisotopic (exact) mass is 553 g/mol. The second kappa shape index (κ2) is 11.4. The molecule has 9 nitrogen and oxygen atoms in total. The number of nitrogens with one attached hydrogen (secondary N) is 3. The lowest BCUT2D eigenvalue weighted by Crippen LogP contribution is -2.46. The number of aromatic nitrogens is 1. The maximum Gasteiger partial charge on any atom is 0.416 e. The van der Waals surface area contributed by atoms with E-state index in [2.05, 4.69) is 20.9 Å².